The molecule has 4 nitrogen and oxygen atoms in total. The number of hydrogen-bond donors (Lipinski definition) is 1. The van der Waals surface area contributed by atoms with E-state index in [0.717, 1.165) is 38.0 Å². The molecule has 144 valence electrons. The zero-order valence-electron chi connectivity index (χ0n) is 16.0. The van der Waals surface area contributed by atoms with Crippen LogP contribution in [0.1, 0.15) is 24.0 Å². The fourth-order valence-corrected chi connectivity index (χ4v) is 3.80. The van der Waals surface area contributed by atoms with Gasteiger partial charge in [0.15, 0.2) is 0 Å². The van der Waals surface area contributed by atoms with Crippen molar-refractivity contribution in [2.24, 2.45) is 0 Å². The van der Waals surface area contributed by atoms with Crippen molar-refractivity contribution < 1.29 is 9.90 Å². The molecule has 0 saturated carbocycles. The van der Waals surface area contributed by atoms with Gasteiger partial charge in [-0.3, -0.25) is 4.79 Å². The van der Waals surface area contributed by atoms with Crippen LogP contribution in [0.3, 0.4) is 0 Å². The number of aryl methyl sites for hydroxylation is 1. The van der Waals surface area contributed by atoms with Crippen molar-refractivity contribution in [3.63, 3.8) is 0 Å². The number of aliphatic hydroxyl groups excluding tert-OH is 1. The lowest BCUT2D eigenvalue weighted by Gasteiger charge is -2.30. The Labute approximate surface area is 162 Å². The van der Waals surface area contributed by atoms with Gasteiger partial charge in [-0.25, -0.2) is 0 Å². The fraction of sp³-hybridized carbons (Fsp3) is 0.435. The van der Waals surface area contributed by atoms with E-state index in [1.807, 2.05) is 29.2 Å². The van der Waals surface area contributed by atoms with Crippen LogP contribution in [0.5, 0.6) is 0 Å². The Kier molecular flexibility index (Phi) is 7.43. The van der Waals surface area contributed by atoms with E-state index >= 15 is 0 Å². The molecule has 1 aliphatic heterocycles. The van der Waals surface area contributed by atoms with Crippen molar-refractivity contribution in [2.45, 2.75) is 31.7 Å². The molecule has 0 unspecified atom stereocenters. The molecule has 0 spiro atoms. The van der Waals surface area contributed by atoms with E-state index in [1.54, 1.807) is 0 Å². The highest BCUT2D eigenvalue weighted by Crippen LogP contribution is 2.14. The van der Waals surface area contributed by atoms with Gasteiger partial charge in [-0.2, -0.15) is 0 Å². The van der Waals surface area contributed by atoms with Crippen LogP contribution >= 0.6 is 0 Å². The predicted molar refractivity (Wildman–Crippen MR) is 109 cm³/mol. The highest BCUT2D eigenvalue weighted by Gasteiger charge is 2.26. The van der Waals surface area contributed by atoms with Crippen molar-refractivity contribution in [1.29, 1.82) is 0 Å². The Hall–Kier alpha value is -2.17. The smallest absolute Gasteiger partial charge is 0.224 e. The number of rotatable bonds is 8. The van der Waals surface area contributed by atoms with Crippen LogP contribution in [-0.2, 0) is 17.6 Å². The van der Waals surface area contributed by atoms with E-state index in [1.165, 1.54) is 5.56 Å². The van der Waals surface area contributed by atoms with Gasteiger partial charge in [0.2, 0.25) is 5.91 Å². The molecule has 4 heteroatoms. The van der Waals surface area contributed by atoms with Gasteiger partial charge in [-0.1, -0.05) is 60.7 Å². The number of benzene rings is 2. The van der Waals surface area contributed by atoms with E-state index in [0.29, 0.717) is 19.4 Å². The lowest BCUT2D eigenvalue weighted by Crippen LogP contribution is -2.44. The average Bonchev–Trinajstić information content (AvgIpc) is 2.89. The summed E-state index contributed by atoms with van der Waals surface area (Å²) in [4.78, 5) is 16.9. The molecule has 0 radical (unpaired) electrons. The fourth-order valence-electron chi connectivity index (χ4n) is 3.80. The SMILES string of the molecule is O=C1CCN(CCCc2ccccc2)CCN1[C@H](CO)Cc1ccccc1. The van der Waals surface area contributed by atoms with E-state index in [-0.39, 0.29) is 18.6 Å². The van der Waals surface area contributed by atoms with Gasteiger partial charge in [0, 0.05) is 26.1 Å². The molecule has 3 rings (SSSR count). The van der Waals surface area contributed by atoms with Crippen LogP contribution in [0.25, 0.3) is 0 Å². The first kappa shape index (κ1) is 19.6. The summed E-state index contributed by atoms with van der Waals surface area (Å²) in [6.45, 7) is 3.41. The standard InChI is InChI=1S/C23H30N2O2/c26-19-22(18-21-10-5-2-6-11-21)25-17-16-24(15-13-23(25)27)14-7-12-20-8-3-1-4-9-20/h1-6,8-11,22,26H,7,12-19H2/t22-/m0/s1. The summed E-state index contributed by atoms with van der Waals surface area (Å²) in [5.41, 5.74) is 2.53. The van der Waals surface area contributed by atoms with Gasteiger partial charge in [0.25, 0.3) is 0 Å². The summed E-state index contributed by atoms with van der Waals surface area (Å²) in [5.74, 6) is 0.163. The maximum absolute atomic E-state index is 12.6. The first-order valence-corrected chi connectivity index (χ1v) is 9.97. The normalized spacial score (nSPS) is 16.9. The molecule has 1 heterocycles. The zero-order valence-corrected chi connectivity index (χ0v) is 16.0. The Balaban J connectivity index is 1.51. The third kappa shape index (κ3) is 5.91. The minimum atomic E-state index is -0.135. The first-order chi connectivity index (χ1) is 13.3. The van der Waals surface area contributed by atoms with Crippen LogP contribution in [0, 0.1) is 0 Å². The number of hydrogen-bond acceptors (Lipinski definition) is 3. The number of aliphatic hydroxyl groups is 1. The Morgan fingerprint density at radius 3 is 2.22 bits per heavy atom. The van der Waals surface area contributed by atoms with Crippen LogP contribution in [0.4, 0.5) is 0 Å². The van der Waals surface area contributed by atoms with Gasteiger partial charge >= 0.3 is 0 Å². The molecule has 0 aromatic heterocycles. The van der Waals surface area contributed by atoms with E-state index in [9.17, 15) is 9.90 Å². The van der Waals surface area contributed by atoms with Gasteiger partial charge < -0.3 is 14.9 Å². The van der Waals surface area contributed by atoms with Crippen molar-refractivity contribution in [3.8, 4) is 0 Å². The maximum atomic E-state index is 12.6. The van der Waals surface area contributed by atoms with Crippen LogP contribution in [-0.4, -0.2) is 59.6 Å². The minimum absolute atomic E-state index is 0.00857. The minimum Gasteiger partial charge on any atom is -0.394 e. The molecule has 2 aromatic carbocycles. The summed E-state index contributed by atoms with van der Waals surface area (Å²) in [6.07, 6.45) is 3.42. The van der Waals surface area contributed by atoms with Gasteiger partial charge in [0.1, 0.15) is 0 Å². The number of carbonyl (C=O) groups is 1. The number of amides is 1. The number of nitrogens with zero attached hydrogens (tertiary/aromatic N) is 2. The van der Waals surface area contributed by atoms with Crippen LogP contribution in [0.15, 0.2) is 60.7 Å². The van der Waals surface area contributed by atoms with E-state index < -0.39 is 0 Å². The first-order valence-electron chi connectivity index (χ1n) is 9.97. The van der Waals surface area contributed by atoms with Gasteiger partial charge in [0.05, 0.1) is 12.6 Å². The Bertz CT molecular complexity index is 690. The summed E-state index contributed by atoms with van der Waals surface area (Å²) in [5, 5.41) is 9.88. The van der Waals surface area contributed by atoms with Crippen molar-refractivity contribution in [2.75, 3.05) is 32.8 Å². The molecule has 1 N–H and O–H groups in total. The van der Waals surface area contributed by atoms with E-state index in [2.05, 4.69) is 41.3 Å². The molecule has 1 atom stereocenters. The second-order valence-electron chi connectivity index (χ2n) is 7.29. The summed E-state index contributed by atoms with van der Waals surface area (Å²) >= 11 is 0. The molecule has 1 amide bonds. The van der Waals surface area contributed by atoms with Crippen molar-refractivity contribution in [1.82, 2.24) is 9.80 Å². The molecular formula is C23H30N2O2. The quantitative estimate of drug-likeness (QED) is 0.781. The highest BCUT2D eigenvalue weighted by atomic mass is 16.3. The molecule has 2 aromatic rings. The van der Waals surface area contributed by atoms with Crippen molar-refractivity contribution >= 4 is 5.91 Å². The summed E-state index contributed by atoms with van der Waals surface area (Å²) in [6, 6.07) is 20.5. The molecule has 1 aliphatic rings. The summed E-state index contributed by atoms with van der Waals surface area (Å²) in [7, 11) is 0. The second kappa shape index (κ2) is 10.2. The molecule has 1 fully saturated rings. The molecule has 0 aliphatic carbocycles. The molecule has 27 heavy (non-hydrogen) atoms. The molecule has 1 saturated heterocycles. The lowest BCUT2D eigenvalue weighted by molar-refractivity contribution is -0.133. The van der Waals surface area contributed by atoms with Gasteiger partial charge in [-0.15, -0.1) is 0 Å². The lowest BCUT2D eigenvalue weighted by atomic mass is 10.0. The van der Waals surface area contributed by atoms with Crippen LogP contribution < -0.4 is 0 Å². The average molecular weight is 367 g/mol. The predicted octanol–water partition coefficient (Wildman–Crippen LogP) is 2.76. The maximum Gasteiger partial charge on any atom is 0.224 e. The third-order valence-electron chi connectivity index (χ3n) is 5.37. The molecular weight excluding hydrogens is 336 g/mol. The monoisotopic (exact) mass is 366 g/mol. The third-order valence-corrected chi connectivity index (χ3v) is 5.37. The zero-order chi connectivity index (χ0) is 18.9. The van der Waals surface area contributed by atoms with E-state index in [4.69, 9.17) is 0 Å². The molecule has 0 bridgehead atoms. The van der Waals surface area contributed by atoms with Gasteiger partial charge in [-0.05, 0) is 36.9 Å². The van der Waals surface area contributed by atoms with Crippen LogP contribution in [0.2, 0.25) is 0 Å². The topological polar surface area (TPSA) is 43.8 Å². The highest BCUT2D eigenvalue weighted by molar-refractivity contribution is 5.77. The Morgan fingerprint density at radius 1 is 0.889 bits per heavy atom. The number of carbonyl (C=O) groups excluding carboxylic acids is 1. The van der Waals surface area contributed by atoms with Crippen molar-refractivity contribution in [3.05, 3.63) is 71.8 Å². The Morgan fingerprint density at radius 2 is 1.56 bits per heavy atom. The largest absolute Gasteiger partial charge is 0.394 e. The summed E-state index contributed by atoms with van der Waals surface area (Å²) < 4.78 is 0. The second-order valence-corrected chi connectivity index (χ2v) is 7.29.